The highest BCUT2D eigenvalue weighted by Crippen LogP contribution is 2.09. The Morgan fingerprint density at radius 3 is 2.00 bits per heavy atom. The number of carbonyl (C=O) groups is 1. The standard InChI is InChI=1S/C17H31NO2/c1-5-6-7-8-9-10-11-12-13-14-15-18-16(19)20-17(2,3)4/h1H,6-15H2,2-4H3,(H,18,19). The summed E-state index contributed by atoms with van der Waals surface area (Å²) in [5.41, 5.74) is -0.413. The van der Waals surface area contributed by atoms with Gasteiger partial charge in [-0.3, -0.25) is 0 Å². The highest BCUT2D eigenvalue weighted by Gasteiger charge is 2.15. The number of nitrogens with one attached hydrogen (secondary N) is 1. The molecule has 3 nitrogen and oxygen atoms in total. The molecule has 0 aliphatic rings. The first-order chi connectivity index (χ1) is 9.45. The molecule has 0 atom stereocenters. The number of terminal acetylenes is 1. The van der Waals surface area contributed by atoms with Gasteiger partial charge in [-0.25, -0.2) is 4.79 Å². The summed E-state index contributed by atoms with van der Waals surface area (Å²) < 4.78 is 5.17. The van der Waals surface area contributed by atoms with E-state index in [0.29, 0.717) is 6.54 Å². The minimum Gasteiger partial charge on any atom is -0.444 e. The van der Waals surface area contributed by atoms with E-state index in [-0.39, 0.29) is 6.09 Å². The van der Waals surface area contributed by atoms with E-state index < -0.39 is 5.60 Å². The monoisotopic (exact) mass is 281 g/mol. The van der Waals surface area contributed by atoms with Crippen LogP contribution in [0.1, 0.15) is 78.6 Å². The van der Waals surface area contributed by atoms with Gasteiger partial charge in [-0.1, -0.05) is 38.5 Å². The molecule has 0 rings (SSSR count). The molecule has 0 fully saturated rings. The van der Waals surface area contributed by atoms with Gasteiger partial charge in [-0.15, -0.1) is 12.3 Å². The second-order valence-electron chi connectivity index (χ2n) is 6.21. The molecule has 0 unspecified atom stereocenters. The molecular weight excluding hydrogens is 250 g/mol. The number of unbranched alkanes of at least 4 members (excludes halogenated alkanes) is 8. The summed E-state index contributed by atoms with van der Waals surface area (Å²) in [4.78, 5) is 11.4. The van der Waals surface area contributed by atoms with E-state index in [1.54, 1.807) is 0 Å². The molecular formula is C17H31NO2. The zero-order valence-corrected chi connectivity index (χ0v) is 13.5. The molecule has 3 heteroatoms. The second-order valence-corrected chi connectivity index (χ2v) is 6.21. The lowest BCUT2D eigenvalue weighted by atomic mass is 10.1. The van der Waals surface area contributed by atoms with Gasteiger partial charge >= 0.3 is 6.09 Å². The predicted molar refractivity (Wildman–Crippen MR) is 84.6 cm³/mol. The van der Waals surface area contributed by atoms with Crippen molar-refractivity contribution in [2.45, 2.75) is 84.2 Å². The molecule has 0 heterocycles. The average molecular weight is 281 g/mol. The van der Waals surface area contributed by atoms with Crippen LogP contribution < -0.4 is 5.32 Å². The predicted octanol–water partition coefficient (Wildman–Crippen LogP) is 4.66. The minimum atomic E-state index is -0.413. The number of amides is 1. The summed E-state index contributed by atoms with van der Waals surface area (Å²) >= 11 is 0. The van der Waals surface area contributed by atoms with Crippen molar-refractivity contribution in [1.82, 2.24) is 5.32 Å². The van der Waals surface area contributed by atoms with Crippen molar-refractivity contribution in [3.05, 3.63) is 0 Å². The van der Waals surface area contributed by atoms with Crippen LogP contribution in [0.2, 0.25) is 0 Å². The molecule has 0 bridgehead atoms. The maximum absolute atomic E-state index is 11.4. The molecule has 0 aromatic heterocycles. The van der Waals surface area contributed by atoms with Crippen molar-refractivity contribution in [1.29, 1.82) is 0 Å². The fraction of sp³-hybridized carbons (Fsp3) is 0.824. The van der Waals surface area contributed by atoms with E-state index in [2.05, 4.69) is 11.2 Å². The molecule has 0 radical (unpaired) electrons. The summed E-state index contributed by atoms with van der Waals surface area (Å²) in [5.74, 6) is 2.67. The van der Waals surface area contributed by atoms with E-state index in [1.807, 2.05) is 20.8 Å². The summed E-state index contributed by atoms with van der Waals surface area (Å²) in [5, 5.41) is 2.78. The van der Waals surface area contributed by atoms with Gasteiger partial charge in [0.1, 0.15) is 5.60 Å². The summed E-state index contributed by atoms with van der Waals surface area (Å²) in [6, 6.07) is 0. The average Bonchev–Trinajstić information content (AvgIpc) is 2.34. The Bertz CT molecular complexity index is 286. The van der Waals surface area contributed by atoms with Gasteiger partial charge in [0, 0.05) is 13.0 Å². The lowest BCUT2D eigenvalue weighted by molar-refractivity contribution is 0.0527. The van der Waals surface area contributed by atoms with Crippen molar-refractivity contribution in [2.24, 2.45) is 0 Å². The van der Waals surface area contributed by atoms with Gasteiger partial charge in [-0.05, 0) is 33.6 Å². The molecule has 116 valence electrons. The van der Waals surface area contributed by atoms with Gasteiger partial charge in [0.25, 0.3) is 0 Å². The van der Waals surface area contributed by atoms with Gasteiger partial charge in [0.2, 0.25) is 0 Å². The Labute approximate surface area is 124 Å². The van der Waals surface area contributed by atoms with E-state index in [9.17, 15) is 4.79 Å². The van der Waals surface area contributed by atoms with Crippen LogP contribution >= 0.6 is 0 Å². The van der Waals surface area contributed by atoms with Gasteiger partial charge < -0.3 is 10.1 Å². The molecule has 0 spiro atoms. The largest absolute Gasteiger partial charge is 0.444 e. The molecule has 1 amide bonds. The Morgan fingerprint density at radius 1 is 1.00 bits per heavy atom. The normalized spacial score (nSPS) is 10.9. The van der Waals surface area contributed by atoms with Crippen molar-refractivity contribution >= 4 is 6.09 Å². The van der Waals surface area contributed by atoms with Crippen LogP contribution in [-0.4, -0.2) is 18.2 Å². The summed E-state index contributed by atoms with van der Waals surface area (Å²) in [7, 11) is 0. The quantitative estimate of drug-likeness (QED) is 0.467. The van der Waals surface area contributed by atoms with Crippen LogP contribution in [0.4, 0.5) is 4.79 Å². The van der Waals surface area contributed by atoms with Crippen molar-refractivity contribution in [2.75, 3.05) is 6.54 Å². The van der Waals surface area contributed by atoms with Crippen LogP contribution in [-0.2, 0) is 4.74 Å². The Hall–Kier alpha value is -1.17. The maximum Gasteiger partial charge on any atom is 0.407 e. The number of ether oxygens (including phenoxy) is 1. The number of rotatable bonds is 10. The molecule has 0 aromatic rings. The summed E-state index contributed by atoms with van der Waals surface area (Å²) in [6.07, 6.45) is 15.5. The molecule has 0 aromatic carbocycles. The first-order valence-corrected chi connectivity index (χ1v) is 7.86. The first-order valence-electron chi connectivity index (χ1n) is 7.86. The first kappa shape index (κ1) is 18.8. The van der Waals surface area contributed by atoms with E-state index >= 15 is 0 Å². The minimum absolute atomic E-state index is 0.314. The topological polar surface area (TPSA) is 38.3 Å². The molecule has 20 heavy (non-hydrogen) atoms. The number of carbonyl (C=O) groups excluding carboxylic acids is 1. The number of hydrogen-bond donors (Lipinski definition) is 1. The number of hydrogen-bond acceptors (Lipinski definition) is 2. The molecule has 0 aliphatic carbocycles. The highest BCUT2D eigenvalue weighted by molar-refractivity contribution is 5.67. The number of alkyl carbamates (subject to hydrolysis) is 1. The molecule has 0 saturated carbocycles. The molecule has 1 N–H and O–H groups in total. The van der Waals surface area contributed by atoms with E-state index in [4.69, 9.17) is 11.2 Å². The van der Waals surface area contributed by atoms with Crippen LogP contribution in [0.5, 0.6) is 0 Å². The SMILES string of the molecule is C#CCCCCCCCCCCNC(=O)OC(C)(C)C. The third kappa shape index (κ3) is 14.9. The van der Waals surface area contributed by atoms with Crippen LogP contribution in [0.3, 0.4) is 0 Å². The second kappa shape index (κ2) is 11.6. The van der Waals surface area contributed by atoms with E-state index in [1.165, 1.54) is 38.5 Å². The smallest absolute Gasteiger partial charge is 0.407 e. The lowest BCUT2D eigenvalue weighted by Gasteiger charge is -2.19. The van der Waals surface area contributed by atoms with Gasteiger partial charge in [-0.2, -0.15) is 0 Å². The summed E-state index contributed by atoms with van der Waals surface area (Å²) in [6.45, 7) is 6.32. The van der Waals surface area contributed by atoms with Crippen LogP contribution in [0.25, 0.3) is 0 Å². The van der Waals surface area contributed by atoms with Crippen LogP contribution in [0.15, 0.2) is 0 Å². The lowest BCUT2D eigenvalue weighted by Crippen LogP contribution is -2.32. The van der Waals surface area contributed by atoms with Crippen molar-refractivity contribution < 1.29 is 9.53 Å². The fourth-order valence-corrected chi connectivity index (χ4v) is 1.92. The van der Waals surface area contributed by atoms with Gasteiger partial charge in [0.05, 0.1) is 0 Å². The Balaban J connectivity index is 3.21. The third-order valence-electron chi connectivity index (χ3n) is 2.92. The fourth-order valence-electron chi connectivity index (χ4n) is 1.92. The third-order valence-corrected chi connectivity index (χ3v) is 2.92. The maximum atomic E-state index is 11.4. The Kier molecular flexibility index (Phi) is 11.0. The van der Waals surface area contributed by atoms with Crippen molar-refractivity contribution in [3.8, 4) is 12.3 Å². The molecule has 0 aliphatic heterocycles. The zero-order chi connectivity index (χ0) is 15.3. The van der Waals surface area contributed by atoms with Crippen molar-refractivity contribution in [3.63, 3.8) is 0 Å². The molecule has 0 saturated heterocycles. The Morgan fingerprint density at radius 2 is 1.50 bits per heavy atom. The van der Waals surface area contributed by atoms with E-state index in [0.717, 1.165) is 19.3 Å². The van der Waals surface area contributed by atoms with Crippen LogP contribution in [0, 0.1) is 12.3 Å². The zero-order valence-electron chi connectivity index (χ0n) is 13.5. The van der Waals surface area contributed by atoms with Gasteiger partial charge in [0.15, 0.2) is 0 Å². The highest BCUT2D eigenvalue weighted by atomic mass is 16.6.